The second-order valence-corrected chi connectivity index (χ2v) is 6.13. The summed E-state index contributed by atoms with van der Waals surface area (Å²) in [7, 11) is 0. The van der Waals surface area contributed by atoms with Crippen LogP contribution in [0.5, 0.6) is 0 Å². The molecule has 0 saturated carbocycles. The summed E-state index contributed by atoms with van der Waals surface area (Å²) in [6, 6.07) is 7.41. The molecule has 0 aliphatic heterocycles. The third-order valence-corrected chi connectivity index (χ3v) is 4.08. The fourth-order valence-corrected chi connectivity index (χ4v) is 2.69. The molecule has 0 saturated heterocycles. The lowest BCUT2D eigenvalue weighted by atomic mass is 10.2. The number of aromatic nitrogens is 2. The first-order valence-corrected chi connectivity index (χ1v) is 8.20. The molecular weight excluding hydrogens is 339 g/mol. The van der Waals surface area contributed by atoms with Crippen molar-refractivity contribution in [3.05, 3.63) is 45.6 Å². The van der Waals surface area contributed by atoms with Crippen LogP contribution in [-0.4, -0.2) is 21.4 Å². The van der Waals surface area contributed by atoms with Crippen molar-refractivity contribution in [1.82, 2.24) is 15.1 Å². The maximum Gasteiger partial charge on any atom is 0.171 e. The molecule has 0 radical (unpaired) electrons. The van der Waals surface area contributed by atoms with Gasteiger partial charge in [-0.05, 0) is 37.7 Å². The Morgan fingerprint density at radius 3 is 2.64 bits per heavy atom. The molecule has 22 heavy (non-hydrogen) atoms. The van der Waals surface area contributed by atoms with E-state index in [1.54, 1.807) is 0 Å². The number of benzene rings is 1. The van der Waals surface area contributed by atoms with Gasteiger partial charge >= 0.3 is 0 Å². The highest BCUT2D eigenvalue weighted by Gasteiger charge is 2.10. The lowest BCUT2D eigenvalue weighted by Crippen LogP contribution is -2.29. The Kier molecular flexibility index (Phi) is 6.06. The second-order valence-electron chi connectivity index (χ2n) is 4.91. The molecule has 2 N–H and O–H groups in total. The molecule has 0 bridgehead atoms. The number of aryl methyl sites for hydroxylation is 1. The quantitative estimate of drug-likeness (QED) is 0.786. The van der Waals surface area contributed by atoms with E-state index in [0.29, 0.717) is 27.5 Å². The van der Waals surface area contributed by atoms with Crippen LogP contribution in [0.3, 0.4) is 0 Å². The summed E-state index contributed by atoms with van der Waals surface area (Å²) in [5.41, 5.74) is 1.85. The van der Waals surface area contributed by atoms with Crippen molar-refractivity contribution in [2.45, 2.75) is 26.8 Å². The van der Waals surface area contributed by atoms with Crippen LogP contribution >= 0.6 is 35.4 Å². The Morgan fingerprint density at radius 1 is 1.32 bits per heavy atom. The molecule has 118 valence electrons. The van der Waals surface area contributed by atoms with Gasteiger partial charge in [-0.15, -0.1) is 0 Å². The van der Waals surface area contributed by atoms with Crippen molar-refractivity contribution < 1.29 is 0 Å². The Labute approximate surface area is 145 Å². The number of hydrogen-bond acceptors (Lipinski definition) is 2. The van der Waals surface area contributed by atoms with Crippen LogP contribution in [0.1, 0.15) is 24.6 Å². The van der Waals surface area contributed by atoms with E-state index >= 15 is 0 Å². The van der Waals surface area contributed by atoms with Crippen LogP contribution in [0, 0.1) is 6.92 Å². The molecule has 0 aliphatic rings. The fraction of sp³-hybridized carbons (Fsp3) is 0.333. The van der Waals surface area contributed by atoms with Gasteiger partial charge in [0, 0.05) is 33.9 Å². The van der Waals surface area contributed by atoms with Crippen molar-refractivity contribution in [3.8, 4) is 0 Å². The summed E-state index contributed by atoms with van der Waals surface area (Å²) in [5, 5.41) is 12.5. The first-order valence-electron chi connectivity index (χ1n) is 7.03. The highest BCUT2D eigenvalue weighted by Crippen LogP contribution is 2.25. The largest absolute Gasteiger partial charge is 0.362 e. The van der Waals surface area contributed by atoms with Crippen LogP contribution < -0.4 is 10.6 Å². The van der Waals surface area contributed by atoms with Crippen LogP contribution in [-0.2, 0) is 6.54 Å². The molecule has 0 spiro atoms. The van der Waals surface area contributed by atoms with E-state index in [-0.39, 0.29) is 0 Å². The van der Waals surface area contributed by atoms with E-state index in [0.717, 1.165) is 24.2 Å². The molecule has 0 atom stereocenters. The minimum Gasteiger partial charge on any atom is -0.362 e. The Morgan fingerprint density at radius 2 is 2.00 bits per heavy atom. The third-order valence-electron chi connectivity index (χ3n) is 3.13. The zero-order valence-corrected chi connectivity index (χ0v) is 14.8. The third kappa shape index (κ3) is 4.35. The van der Waals surface area contributed by atoms with Crippen molar-refractivity contribution in [1.29, 1.82) is 0 Å². The van der Waals surface area contributed by atoms with E-state index in [1.165, 1.54) is 0 Å². The van der Waals surface area contributed by atoms with Gasteiger partial charge in [0.25, 0.3) is 0 Å². The molecule has 0 fully saturated rings. The highest BCUT2D eigenvalue weighted by atomic mass is 35.5. The lowest BCUT2D eigenvalue weighted by Gasteiger charge is -2.09. The van der Waals surface area contributed by atoms with Gasteiger partial charge in [0.2, 0.25) is 0 Å². The summed E-state index contributed by atoms with van der Waals surface area (Å²) in [4.78, 5) is 0. The lowest BCUT2D eigenvalue weighted by molar-refractivity contribution is 0.668. The molecule has 7 heteroatoms. The predicted molar refractivity (Wildman–Crippen MR) is 97.0 cm³/mol. The Bertz CT molecular complexity index is 649. The van der Waals surface area contributed by atoms with Gasteiger partial charge in [0.05, 0.1) is 6.54 Å². The summed E-state index contributed by atoms with van der Waals surface area (Å²) in [5.74, 6) is 0.703. The van der Waals surface area contributed by atoms with E-state index in [2.05, 4.69) is 22.7 Å². The second kappa shape index (κ2) is 7.81. The van der Waals surface area contributed by atoms with Crippen molar-refractivity contribution in [2.24, 2.45) is 0 Å². The molecule has 0 unspecified atom stereocenters. The molecule has 1 heterocycles. The maximum absolute atomic E-state index is 6.21. The topological polar surface area (TPSA) is 41.9 Å². The Hall–Kier alpha value is -1.30. The van der Waals surface area contributed by atoms with Gasteiger partial charge in [-0.3, -0.25) is 4.68 Å². The first kappa shape index (κ1) is 17.1. The minimum atomic E-state index is 0.515. The van der Waals surface area contributed by atoms with Crippen LogP contribution in [0.15, 0.2) is 24.3 Å². The molecule has 4 nitrogen and oxygen atoms in total. The summed E-state index contributed by atoms with van der Waals surface area (Å²) in [6.45, 7) is 5.41. The molecular formula is C15H18Cl2N4S. The SMILES string of the molecule is CCCNC(=S)Nc1cc(C)n(Cc2c(Cl)cccc2Cl)n1. The fourth-order valence-electron chi connectivity index (χ4n) is 1.96. The van der Waals surface area contributed by atoms with Gasteiger partial charge in [-0.25, -0.2) is 0 Å². The van der Waals surface area contributed by atoms with E-state index < -0.39 is 0 Å². The molecule has 2 rings (SSSR count). The number of halogens is 2. The van der Waals surface area contributed by atoms with Crippen LogP contribution in [0.25, 0.3) is 0 Å². The van der Waals surface area contributed by atoms with Crippen molar-refractivity contribution >= 4 is 46.4 Å². The minimum absolute atomic E-state index is 0.515. The Balaban J connectivity index is 2.12. The number of nitrogens with zero attached hydrogens (tertiary/aromatic N) is 2. The molecule has 0 amide bonds. The monoisotopic (exact) mass is 356 g/mol. The van der Waals surface area contributed by atoms with Crippen molar-refractivity contribution in [2.75, 3.05) is 11.9 Å². The van der Waals surface area contributed by atoms with E-state index in [1.807, 2.05) is 35.9 Å². The summed E-state index contributed by atoms with van der Waals surface area (Å²) >= 11 is 17.6. The maximum atomic E-state index is 6.21. The number of hydrogen-bond donors (Lipinski definition) is 2. The average Bonchev–Trinajstić information content (AvgIpc) is 2.80. The first-order chi connectivity index (χ1) is 10.5. The normalized spacial score (nSPS) is 10.5. The molecule has 1 aromatic heterocycles. The van der Waals surface area contributed by atoms with Gasteiger partial charge < -0.3 is 10.6 Å². The smallest absolute Gasteiger partial charge is 0.171 e. The number of anilines is 1. The van der Waals surface area contributed by atoms with Gasteiger partial charge in [-0.2, -0.15) is 5.10 Å². The van der Waals surface area contributed by atoms with Gasteiger partial charge in [0.15, 0.2) is 10.9 Å². The number of nitrogens with one attached hydrogen (secondary N) is 2. The summed E-state index contributed by atoms with van der Waals surface area (Å²) < 4.78 is 1.85. The number of rotatable bonds is 5. The standard InChI is InChI=1S/C15H18Cl2N4S/c1-3-7-18-15(22)19-14-8-10(2)21(20-14)9-11-12(16)5-4-6-13(11)17/h4-6,8H,3,7,9H2,1-2H3,(H2,18,19,20,22). The predicted octanol–water partition coefficient (Wildman–Crippen LogP) is 4.24. The van der Waals surface area contributed by atoms with Crippen LogP contribution in [0.2, 0.25) is 10.0 Å². The molecule has 1 aromatic carbocycles. The number of thiocarbonyl (C=S) groups is 1. The molecule has 2 aromatic rings. The zero-order valence-electron chi connectivity index (χ0n) is 12.5. The summed E-state index contributed by atoms with van der Waals surface area (Å²) in [6.07, 6.45) is 1.01. The average molecular weight is 357 g/mol. The van der Waals surface area contributed by atoms with E-state index in [9.17, 15) is 0 Å². The zero-order chi connectivity index (χ0) is 16.1. The van der Waals surface area contributed by atoms with Gasteiger partial charge in [-0.1, -0.05) is 36.2 Å². The van der Waals surface area contributed by atoms with Crippen LogP contribution in [0.4, 0.5) is 5.82 Å². The highest BCUT2D eigenvalue weighted by molar-refractivity contribution is 7.80. The van der Waals surface area contributed by atoms with E-state index in [4.69, 9.17) is 35.4 Å². The van der Waals surface area contributed by atoms with Crippen molar-refractivity contribution in [3.63, 3.8) is 0 Å². The van der Waals surface area contributed by atoms with Gasteiger partial charge in [0.1, 0.15) is 0 Å². The molecule has 0 aliphatic carbocycles.